The Morgan fingerprint density at radius 2 is 1.74 bits per heavy atom. The first-order valence-electron chi connectivity index (χ1n) is 9.16. The van der Waals surface area contributed by atoms with Gasteiger partial charge in [0.25, 0.3) is 0 Å². The minimum atomic E-state index is 0.498. The van der Waals surface area contributed by atoms with Crippen molar-refractivity contribution in [3.8, 4) is 0 Å². The molecule has 4 heteroatoms. The first-order valence-corrected chi connectivity index (χ1v) is 9.54. The molecule has 0 spiro atoms. The molecule has 3 nitrogen and oxygen atoms in total. The Labute approximate surface area is 143 Å². The molecule has 2 fully saturated rings. The number of nitrogens with zero attached hydrogens (tertiary/aromatic N) is 3. The third-order valence-electron chi connectivity index (χ3n) is 5.72. The first-order chi connectivity index (χ1) is 11.3. The van der Waals surface area contributed by atoms with Crippen molar-refractivity contribution in [2.45, 2.75) is 51.0 Å². The smallest absolute Gasteiger partial charge is 0.204 e. The average Bonchev–Trinajstić information content (AvgIpc) is 2.92. The molecule has 1 aliphatic carbocycles. The number of hydrogen-bond donors (Lipinski definition) is 0. The standard InChI is InChI=1S/C19H26ClN3/c20-19-21-17-8-4-5-9-18(17)23(19)16-10-12-22(13-11-16)14-15-6-2-1-3-7-15/h4-5,8-9,15-16H,1-3,6-7,10-14H2. The predicted octanol–water partition coefficient (Wildman–Crippen LogP) is 4.91. The molecule has 0 N–H and O–H groups in total. The SMILES string of the molecule is Clc1nc2ccccc2n1C1CCN(CC2CCCCC2)CC1. The van der Waals surface area contributed by atoms with E-state index in [-0.39, 0.29) is 0 Å². The molecule has 1 saturated heterocycles. The summed E-state index contributed by atoms with van der Waals surface area (Å²) in [6, 6.07) is 8.80. The van der Waals surface area contributed by atoms with Gasteiger partial charge in [0, 0.05) is 25.7 Å². The van der Waals surface area contributed by atoms with Crippen LogP contribution in [0.1, 0.15) is 51.0 Å². The van der Waals surface area contributed by atoms with Crippen molar-refractivity contribution in [1.29, 1.82) is 0 Å². The predicted molar refractivity (Wildman–Crippen MR) is 96.0 cm³/mol. The summed E-state index contributed by atoms with van der Waals surface area (Å²) in [7, 11) is 0. The molecular weight excluding hydrogens is 306 g/mol. The highest BCUT2D eigenvalue weighted by molar-refractivity contribution is 6.29. The molecule has 4 rings (SSSR count). The quantitative estimate of drug-likeness (QED) is 0.797. The number of fused-ring (bicyclic) bond motifs is 1. The van der Waals surface area contributed by atoms with E-state index in [0.717, 1.165) is 11.4 Å². The van der Waals surface area contributed by atoms with Crippen molar-refractivity contribution in [1.82, 2.24) is 14.5 Å². The molecule has 0 unspecified atom stereocenters. The highest BCUT2D eigenvalue weighted by Gasteiger charge is 2.25. The molecule has 2 aliphatic rings. The van der Waals surface area contributed by atoms with E-state index in [1.54, 1.807) is 0 Å². The lowest BCUT2D eigenvalue weighted by atomic mass is 9.88. The number of rotatable bonds is 3. The van der Waals surface area contributed by atoms with Crippen LogP contribution in [-0.4, -0.2) is 34.1 Å². The zero-order valence-corrected chi connectivity index (χ0v) is 14.5. The topological polar surface area (TPSA) is 21.1 Å². The summed E-state index contributed by atoms with van der Waals surface area (Å²) in [6.45, 7) is 3.71. The molecule has 1 aromatic heterocycles. The number of benzene rings is 1. The highest BCUT2D eigenvalue weighted by Crippen LogP contribution is 2.32. The van der Waals surface area contributed by atoms with Crippen molar-refractivity contribution >= 4 is 22.6 Å². The van der Waals surface area contributed by atoms with Crippen LogP contribution >= 0.6 is 11.6 Å². The Kier molecular flexibility index (Phi) is 4.59. The molecule has 2 heterocycles. The van der Waals surface area contributed by atoms with Crippen LogP contribution in [0.25, 0.3) is 11.0 Å². The van der Waals surface area contributed by atoms with Gasteiger partial charge < -0.3 is 9.47 Å². The highest BCUT2D eigenvalue weighted by atomic mass is 35.5. The van der Waals surface area contributed by atoms with E-state index < -0.39 is 0 Å². The van der Waals surface area contributed by atoms with Crippen LogP contribution in [0.5, 0.6) is 0 Å². The van der Waals surface area contributed by atoms with E-state index in [1.165, 1.54) is 70.1 Å². The van der Waals surface area contributed by atoms with Gasteiger partial charge in [0.1, 0.15) is 0 Å². The third-order valence-corrected chi connectivity index (χ3v) is 5.98. The first kappa shape index (κ1) is 15.5. The summed E-state index contributed by atoms with van der Waals surface area (Å²) < 4.78 is 2.26. The molecule has 23 heavy (non-hydrogen) atoms. The van der Waals surface area contributed by atoms with Crippen molar-refractivity contribution in [3.63, 3.8) is 0 Å². The monoisotopic (exact) mass is 331 g/mol. The van der Waals surface area contributed by atoms with Crippen LogP contribution in [0, 0.1) is 5.92 Å². The van der Waals surface area contributed by atoms with Crippen molar-refractivity contribution in [2.24, 2.45) is 5.92 Å². The van der Waals surface area contributed by atoms with Gasteiger partial charge in [-0.05, 0) is 55.3 Å². The zero-order valence-electron chi connectivity index (χ0n) is 13.8. The van der Waals surface area contributed by atoms with Gasteiger partial charge in [-0.15, -0.1) is 0 Å². The molecule has 1 saturated carbocycles. The molecule has 0 bridgehead atoms. The van der Waals surface area contributed by atoms with E-state index in [2.05, 4.69) is 32.7 Å². The summed E-state index contributed by atoms with van der Waals surface area (Å²) in [5.41, 5.74) is 2.20. The Hall–Kier alpha value is -1.06. The van der Waals surface area contributed by atoms with E-state index >= 15 is 0 Å². The van der Waals surface area contributed by atoms with Crippen LogP contribution in [0.4, 0.5) is 0 Å². The molecule has 0 atom stereocenters. The largest absolute Gasteiger partial charge is 0.311 e. The molecule has 1 aromatic carbocycles. The van der Waals surface area contributed by atoms with E-state index in [0.29, 0.717) is 11.3 Å². The molecular formula is C19H26ClN3. The maximum absolute atomic E-state index is 6.43. The Morgan fingerprint density at radius 1 is 1.00 bits per heavy atom. The summed E-state index contributed by atoms with van der Waals surface area (Å²) in [6.07, 6.45) is 9.59. The lowest BCUT2D eigenvalue weighted by Gasteiger charge is -2.36. The summed E-state index contributed by atoms with van der Waals surface area (Å²) in [5, 5.41) is 0.650. The van der Waals surface area contributed by atoms with Crippen LogP contribution in [0.2, 0.25) is 5.28 Å². The minimum absolute atomic E-state index is 0.498. The Bertz CT molecular complexity index is 652. The van der Waals surface area contributed by atoms with Gasteiger partial charge in [0.15, 0.2) is 0 Å². The van der Waals surface area contributed by atoms with Crippen LogP contribution in [0.3, 0.4) is 0 Å². The van der Waals surface area contributed by atoms with Gasteiger partial charge in [0.2, 0.25) is 5.28 Å². The van der Waals surface area contributed by atoms with Gasteiger partial charge in [0.05, 0.1) is 11.0 Å². The molecule has 124 valence electrons. The van der Waals surface area contributed by atoms with E-state index in [9.17, 15) is 0 Å². The summed E-state index contributed by atoms with van der Waals surface area (Å²) >= 11 is 6.43. The fourth-order valence-electron chi connectivity index (χ4n) is 4.46. The molecule has 0 amide bonds. The third kappa shape index (κ3) is 3.27. The van der Waals surface area contributed by atoms with E-state index in [1.807, 2.05) is 6.07 Å². The fraction of sp³-hybridized carbons (Fsp3) is 0.632. The van der Waals surface area contributed by atoms with Gasteiger partial charge in [-0.25, -0.2) is 4.98 Å². The number of para-hydroxylation sites is 2. The number of likely N-dealkylation sites (tertiary alicyclic amines) is 1. The number of imidazole rings is 1. The molecule has 2 aromatic rings. The van der Waals surface area contributed by atoms with Crippen LogP contribution in [0.15, 0.2) is 24.3 Å². The minimum Gasteiger partial charge on any atom is -0.311 e. The van der Waals surface area contributed by atoms with Crippen LogP contribution in [-0.2, 0) is 0 Å². The summed E-state index contributed by atoms with van der Waals surface area (Å²) in [4.78, 5) is 7.20. The Morgan fingerprint density at radius 3 is 2.52 bits per heavy atom. The second-order valence-corrected chi connectivity index (χ2v) is 7.61. The number of halogens is 1. The van der Waals surface area contributed by atoms with E-state index in [4.69, 9.17) is 11.6 Å². The second kappa shape index (κ2) is 6.82. The summed E-state index contributed by atoms with van der Waals surface area (Å²) in [5.74, 6) is 0.943. The molecule has 1 aliphatic heterocycles. The Balaban J connectivity index is 1.41. The maximum atomic E-state index is 6.43. The van der Waals surface area contributed by atoms with Crippen LogP contribution < -0.4 is 0 Å². The second-order valence-electron chi connectivity index (χ2n) is 7.28. The van der Waals surface area contributed by atoms with Crippen molar-refractivity contribution < 1.29 is 0 Å². The zero-order chi connectivity index (χ0) is 15.6. The number of piperidine rings is 1. The lowest BCUT2D eigenvalue weighted by Crippen LogP contribution is -2.38. The molecule has 0 radical (unpaired) electrons. The number of aromatic nitrogens is 2. The number of hydrogen-bond acceptors (Lipinski definition) is 2. The fourth-order valence-corrected chi connectivity index (χ4v) is 4.78. The van der Waals surface area contributed by atoms with Gasteiger partial charge >= 0.3 is 0 Å². The average molecular weight is 332 g/mol. The van der Waals surface area contributed by atoms with Gasteiger partial charge in [-0.2, -0.15) is 0 Å². The van der Waals surface area contributed by atoms with Crippen molar-refractivity contribution in [2.75, 3.05) is 19.6 Å². The van der Waals surface area contributed by atoms with Crippen molar-refractivity contribution in [3.05, 3.63) is 29.5 Å². The maximum Gasteiger partial charge on any atom is 0.204 e. The normalized spacial score (nSPS) is 22.0. The van der Waals surface area contributed by atoms with Gasteiger partial charge in [-0.3, -0.25) is 0 Å². The lowest BCUT2D eigenvalue weighted by molar-refractivity contribution is 0.149. The van der Waals surface area contributed by atoms with Gasteiger partial charge in [-0.1, -0.05) is 31.4 Å².